The first-order valence-electron chi connectivity index (χ1n) is 6.44. The topological polar surface area (TPSA) is 59.0 Å². The molecule has 5 nitrogen and oxygen atoms in total. The van der Waals surface area contributed by atoms with Gasteiger partial charge in [-0.25, -0.2) is 4.79 Å². The first-order chi connectivity index (χ1) is 9.26. The second-order valence-electron chi connectivity index (χ2n) is 4.47. The summed E-state index contributed by atoms with van der Waals surface area (Å²) in [6.07, 6.45) is 1.51. The number of hydrogen-bond acceptors (Lipinski definition) is 4. The summed E-state index contributed by atoms with van der Waals surface area (Å²) < 4.78 is 10.2. The molecule has 1 atom stereocenters. The van der Waals surface area contributed by atoms with E-state index in [2.05, 4.69) is 0 Å². The smallest absolute Gasteiger partial charge is 0.410 e. The fourth-order valence-electron chi connectivity index (χ4n) is 2.40. The zero-order valence-electron chi connectivity index (χ0n) is 11.0. The largest absolute Gasteiger partial charge is 0.497 e. The molecule has 1 aliphatic rings. The molecule has 1 heterocycles. The van der Waals surface area contributed by atoms with Gasteiger partial charge in [-0.1, -0.05) is 12.1 Å². The lowest BCUT2D eigenvalue weighted by atomic mass is 10.0. The van der Waals surface area contributed by atoms with Gasteiger partial charge >= 0.3 is 6.09 Å². The molecule has 1 aromatic rings. The van der Waals surface area contributed by atoms with Crippen molar-refractivity contribution in [1.29, 1.82) is 0 Å². The van der Waals surface area contributed by atoms with E-state index in [1.165, 1.54) is 0 Å². The van der Waals surface area contributed by atoms with E-state index in [4.69, 9.17) is 14.6 Å². The predicted molar refractivity (Wildman–Crippen MR) is 70.1 cm³/mol. The molecule has 104 valence electrons. The van der Waals surface area contributed by atoms with Gasteiger partial charge in [0.25, 0.3) is 0 Å². The maximum Gasteiger partial charge on any atom is 0.410 e. The Hall–Kier alpha value is -1.75. The lowest BCUT2D eigenvalue weighted by Gasteiger charge is -2.24. The van der Waals surface area contributed by atoms with Gasteiger partial charge in [-0.15, -0.1) is 0 Å². The first-order valence-corrected chi connectivity index (χ1v) is 6.44. The van der Waals surface area contributed by atoms with Crippen molar-refractivity contribution in [3.63, 3.8) is 0 Å². The minimum Gasteiger partial charge on any atom is -0.497 e. The number of carbonyl (C=O) groups is 1. The fraction of sp³-hybridized carbons (Fsp3) is 0.500. The fourth-order valence-corrected chi connectivity index (χ4v) is 2.40. The lowest BCUT2D eigenvalue weighted by Crippen LogP contribution is -2.31. The summed E-state index contributed by atoms with van der Waals surface area (Å²) in [5.41, 5.74) is 1.05. The molecule has 1 N–H and O–H groups in total. The number of methoxy groups -OCH3 is 1. The van der Waals surface area contributed by atoms with Crippen LogP contribution in [0.1, 0.15) is 24.4 Å². The number of likely N-dealkylation sites (tertiary alicyclic amines) is 1. The monoisotopic (exact) mass is 265 g/mol. The van der Waals surface area contributed by atoms with Gasteiger partial charge in [0, 0.05) is 6.54 Å². The molecule has 1 aromatic carbocycles. The van der Waals surface area contributed by atoms with Crippen molar-refractivity contribution in [2.45, 2.75) is 18.9 Å². The molecule has 1 saturated heterocycles. The lowest BCUT2D eigenvalue weighted by molar-refractivity contribution is 0.0807. The van der Waals surface area contributed by atoms with Crippen molar-refractivity contribution in [3.8, 4) is 5.75 Å². The zero-order chi connectivity index (χ0) is 13.7. The Kier molecular flexibility index (Phi) is 4.63. The number of nitrogens with zero attached hydrogens (tertiary/aromatic N) is 1. The standard InChI is InChI=1S/C14H19NO4/c1-18-12-5-2-4-11(10-12)13-6-3-7-15(13)14(17)19-9-8-16/h2,4-5,10,13,16H,3,6-9H2,1H3. The van der Waals surface area contributed by atoms with Crippen LogP contribution in [-0.2, 0) is 4.74 Å². The van der Waals surface area contributed by atoms with Crippen molar-refractivity contribution in [2.24, 2.45) is 0 Å². The third-order valence-corrected chi connectivity index (χ3v) is 3.28. The van der Waals surface area contributed by atoms with Crippen molar-refractivity contribution >= 4 is 6.09 Å². The molecule has 0 spiro atoms. The number of aliphatic hydroxyl groups excluding tert-OH is 1. The summed E-state index contributed by atoms with van der Waals surface area (Å²) in [6.45, 7) is 0.579. The van der Waals surface area contributed by atoms with Crippen molar-refractivity contribution < 1.29 is 19.4 Å². The van der Waals surface area contributed by atoms with Crippen LogP contribution in [0.2, 0.25) is 0 Å². The SMILES string of the molecule is COc1cccc(C2CCCN2C(=O)OCCO)c1. The Balaban J connectivity index is 2.11. The molecule has 0 aromatic heterocycles. The summed E-state index contributed by atoms with van der Waals surface area (Å²) in [7, 11) is 1.63. The molecule has 0 saturated carbocycles. The van der Waals surface area contributed by atoms with Gasteiger partial charge in [-0.05, 0) is 30.5 Å². The summed E-state index contributed by atoms with van der Waals surface area (Å²) in [4.78, 5) is 13.6. The van der Waals surface area contributed by atoms with Crippen LogP contribution in [0.3, 0.4) is 0 Å². The van der Waals surface area contributed by atoms with Crippen LogP contribution in [0.4, 0.5) is 4.79 Å². The number of aliphatic hydroxyl groups is 1. The van der Waals surface area contributed by atoms with Gasteiger partial charge in [-0.3, -0.25) is 0 Å². The van der Waals surface area contributed by atoms with Gasteiger partial charge < -0.3 is 19.5 Å². The van der Waals surface area contributed by atoms with Crippen molar-refractivity contribution in [1.82, 2.24) is 4.90 Å². The Labute approximate surface area is 112 Å². The van der Waals surface area contributed by atoms with Crippen LogP contribution in [0.5, 0.6) is 5.75 Å². The summed E-state index contributed by atoms with van der Waals surface area (Å²) in [5.74, 6) is 0.785. The molecule has 1 amide bonds. The van der Waals surface area contributed by atoms with E-state index in [1.54, 1.807) is 12.0 Å². The molecule has 0 bridgehead atoms. The van der Waals surface area contributed by atoms with Crippen LogP contribution < -0.4 is 4.74 Å². The maximum absolute atomic E-state index is 11.9. The molecular formula is C14H19NO4. The van der Waals surface area contributed by atoms with Crippen molar-refractivity contribution in [2.75, 3.05) is 26.9 Å². The van der Waals surface area contributed by atoms with Gasteiger partial charge in [0.15, 0.2) is 0 Å². The molecule has 1 fully saturated rings. The van der Waals surface area contributed by atoms with Crippen LogP contribution in [-0.4, -0.2) is 43.0 Å². The quantitative estimate of drug-likeness (QED) is 0.904. The second-order valence-corrected chi connectivity index (χ2v) is 4.47. The van der Waals surface area contributed by atoms with Crippen LogP contribution in [0.25, 0.3) is 0 Å². The first kappa shape index (κ1) is 13.7. The number of benzene rings is 1. The van der Waals surface area contributed by atoms with Crippen molar-refractivity contribution in [3.05, 3.63) is 29.8 Å². The Morgan fingerprint density at radius 2 is 2.37 bits per heavy atom. The highest BCUT2D eigenvalue weighted by atomic mass is 16.6. The molecule has 1 unspecified atom stereocenters. The number of carbonyl (C=O) groups excluding carboxylic acids is 1. The van der Waals surface area contributed by atoms with Crippen LogP contribution in [0, 0.1) is 0 Å². The Bertz CT molecular complexity index is 435. The highest BCUT2D eigenvalue weighted by Crippen LogP contribution is 2.33. The third-order valence-electron chi connectivity index (χ3n) is 3.28. The number of rotatable bonds is 4. The number of amides is 1. The van der Waals surface area contributed by atoms with E-state index in [-0.39, 0.29) is 25.3 Å². The van der Waals surface area contributed by atoms with Gasteiger partial charge in [0.2, 0.25) is 0 Å². The molecule has 19 heavy (non-hydrogen) atoms. The predicted octanol–water partition coefficient (Wildman–Crippen LogP) is 1.96. The summed E-state index contributed by atoms with van der Waals surface area (Å²) >= 11 is 0. The number of hydrogen-bond donors (Lipinski definition) is 1. The Morgan fingerprint density at radius 3 is 3.11 bits per heavy atom. The Morgan fingerprint density at radius 1 is 1.53 bits per heavy atom. The van der Waals surface area contributed by atoms with Crippen LogP contribution >= 0.6 is 0 Å². The molecule has 0 radical (unpaired) electrons. The van der Waals surface area contributed by atoms with E-state index < -0.39 is 0 Å². The molecule has 1 aliphatic heterocycles. The second kappa shape index (κ2) is 6.43. The average Bonchev–Trinajstić information content (AvgIpc) is 2.94. The molecular weight excluding hydrogens is 246 g/mol. The molecule has 2 rings (SSSR count). The normalized spacial score (nSPS) is 18.4. The van der Waals surface area contributed by atoms with Gasteiger partial charge in [0.1, 0.15) is 12.4 Å². The van der Waals surface area contributed by atoms with E-state index >= 15 is 0 Å². The van der Waals surface area contributed by atoms with E-state index in [0.29, 0.717) is 6.54 Å². The highest BCUT2D eigenvalue weighted by molar-refractivity contribution is 5.68. The molecule has 0 aliphatic carbocycles. The highest BCUT2D eigenvalue weighted by Gasteiger charge is 2.31. The van der Waals surface area contributed by atoms with Gasteiger partial charge in [0.05, 0.1) is 19.8 Å². The van der Waals surface area contributed by atoms with Gasteiger partial charge in [-0.2, -0.15) is 0 Å². The zero-order valence-corrected chi connectivity index (χ0v) is 11.0. The minimum atomic E-state index is -0.362. The van der Waals surface area contributed by atoms with E-state index in [9.17, 15) is 4.79 Å². The summed E-state index contributed by atoms with van der Waals surface area (Å²) in [6, 6.07) is 7.77. The summed E-state index contributed by atoms with van der Waals surface area (Å²) in [5, 5.41) is 8.70. The molecule has 5 heteroatoms. The average molecular weight is 265 g/mol. The minimum absolute atomic E-state index is 0.0290. The third kappa shape index (κ3) is 3.17. The maximum atomic E-state index is 11.9. The van der Waals surface area contributed by atoms with E-state index in [1.807, 2.05) is 24.3 Å². The number of ether oxygens (including phenoxy) is 2. The van der Waals surface area contributed by atoms with E-state index in [0.717, 1.165) is 24.2 Å². The van der Waals surface area contributed by atoms with Crippen LogP contribution in [0.15, 0.2) is 24.3 Å².